The van der Waals surface area contributed by atoms with E-state index in [-0.39, 0.29) is 30.0 Å². The van der Waals surface area contributed by atoms with Crippen LogP contribution in [0, 0.1) is 12.7 Å². The van der Waals surface area contributed by atoms with Gasteiger partial charge in [-0.15, -0.1) is 23.1 Å². The summed E-state index contributed by atoms with van der Waals surface area (Å²) in [5.41, 5.74) is 2.28. The van der Waals surface area contributed by atoms with Crippen molar-refractivity contribution in [2.45, 2.75) is 12.7 Å². The van der Waals surface area contributed by atoms with Crippen LogP contribution in [0.4, 0.5) is 15.2 Å². The first-order valence-corrected chi connectivity index (χ1v) is 11.1. The van der Waals surface area contributed by atoms with E-state index in [0.717, 1.165) is 11.3 Å². The molecule has 2 N–H and O–H groups in total. The summed E-state index contributed by atoms with van der Waals surface area (Å²) in [5.74, 6) is 0.622. The smallest absolute Gasteiger partial charge is 0.264 e. The minimum absolute atomic E-state index is 0.0991. The Balaban J connectivity index is 1.38. The van der Waals surface area contributed by atoms with E-state index in [1.807, 2.05) is 36.6 Å². The van der Waals surface area contributed by atoms with Crippen LogP contribution in [-0.4, -0.2) is 29.2 Å². The van der Waals surface area contributed by atoms with Crippen molar-refractivity contribution < 1.29 is 18.7 Å². The summed E-state index contributed by atoms with van der Waals surface area (Å²) in [7, 11) is 0. The number of benzene rings is 2. The molecular weight excluding hydrogens is 425 g/mol. The molecule has 0 bridgehead atoms. The normalized spacial score (nSPS) is 10.5. The molecule has 3 aromatic rings. The van der Waals surface area contributed by atoms with Gasteiger partial charge in [-0.05, 0) is 42.8 Å². The Kier molecular flexibility index (Phi) is 7.81. The molecule has 2 aromatic carbocycles. The largest absolute Gasteiger partial charge is 0.483 e. The van der Waals surface area contributed by atoms with Gasteiger partial charge in [-0.2, -0.15) is 0 Å². The van der Waals surface area contributed by atoms with Crippen molar-refractivity contribution in [3.8, 4) is 5.75 Å². The standard InChI is InChI=1S/C21H20FN3O3S2/c1-14-4-2-3-5-18(14)28-10-19(26)25-21-24-17(12-30-21)11-29-13-20(27)23-16-8-6-15(22)7-9-16/h2-9,12H,10-11,13H2,1H3,(H,23,27)(H,24,25,26). The number of ether oxygens (including phenoxy) is 1. The molecule has 0 atom stereocenters. The fourth-order valence-corrected chi connectivity index (χ4v) is 3.97. The van der Waals surface area contributed by atoms with Crippen LogP contribution in [0.5, 0.6) is 5.75 Å². The van der Waals surface area contributed by atoms with Gasteiger partial charge in [0.05, 0.1) is 11.4 Å². The Morgan fingerprint density at radius 3 is 2.63 bits per heavy atom. The summed E-state index contributed by atoms with van der Waals surface area (Å²) in [6, 6.07) is 13.1. The molecule has 30 heavy (non-hydrogen) atoms. The third kappa shape index (κ3) is 6.85. The number of nitrogens with one attached hydrogen (secondary N) is 2. The third-order valence-corrected chi connectivity index (χ3v) is 5.63. The van der Waals surface area contributed by atoms with Crippen LogP contribution in [0.15, 0.2) is 53.9 Å². The topological polar surface area (TPSA) is 80.3 Å². The van der Waals surface area contributed by atoms with E-state index in [1.165, 1.54) is 47.4 Å². The van der Waals surface area contributed by atoms with Gasteiger partial charge in [0, 0.05) is 16.8 Å². The van der Waals surface area contributed by atoms with E-state index >= 15 is 0 Å². The number of amides is 2. The summed E-state index contributed by atoms with van der Waals surface area (Å²) in [6.07, 6.45) is 0. The molecule has 0 saturated carbocycles. The fourth-order valence-electron chi connectivity index (χ4n) is 2.43. The van der Waals surface area contributed by atoms with Crippen LogP contribution < -0.4 is 15.4 Å². The number of hydrogen-bond acceptors (Lipinski definition) is 6. The number of carbonyl (C=O) groups is 2. The van der Waals surface area contributed by atoms with Crippen molar-refractivity contribution in [3.63, 3.8) is 0 Å². The van der Waals surface area contributed by atoms with Crippen molar-refractivity contribution >= 4 is 45.7 Å². The van der Waals surface area contributed by atoms with Gasteiger partial charge in [-0.1, -0.05) is 18.2 Å². The van der Waals surface area contributed by atoms with E-state index in [2.05, 4.69) is 15.6 Å². The molecule has 0 spiro atoms. The van der Waals surface area contributed by atoms with Crippen molar-refractivity contribution in [3.05, 3.63) is 71.0 Å². The van der Waals surface area contributed by atoms with Crippen molar-refractivity contribution in [1.82, 2.24) is 4.98 Å². The molecule has 0 aliphatic carbocycles. The molecule has 0 aliphatic rings. The maximum atomic E-state index is 12.9. The zero-order chi connectivity index (χ0) is 21.3. The lowest BCUT2D eigenvalue weighted by atomic mass is 10.2. The van der Waals surface area contributed by atoms with Gasteiger partial charge < -0.3 is 10.1 Å². The van der Waals surface area contributed by atoms with Crippen molar-refractivity contribution in [2.75, 3.05) is 23.0 Å². The number of aromatic nitrogens is 1. The Morgan fingerprint density at radius 1 is 1.10 bits per heavy atom. The average Bonchev–Trinajstić information content (AvgIpc) is 3.16. The minimum atomic E-state index is -0.351. The Hall–Kier alpha value is -2.91. The summed E-state index contributed by atoms with van der Waals surface area (Å²) in [5, 5.41) is 7.74. The fraction of sp³-hybridized carbons (Fsp3) is 0.190. The molecular formula is C21H20FN3O3S2. The molecule has 0 aliphatic heterocycles. The predicted molar refractivity (Wildman–Crippen MR) is 119 cm³/mol. The van der Waals surface area contributed by atoms with Crippen LogP contribution in [0.1, 0.15) is 11.3 Å². The number of rotatable bonds is 9. The first kappa shape index (κ1) is 21.8. The second kappa shape index (κ2) is 10.7. The predicted octanol–water partition coefficient (Wildman–Crippen LogP) is 4.48. The van der Waals surface area contributed by atoms with Crippen molar-refractivity contribution in [2.24, 2.45) is 0 Å². The second-order valence-corrected chi connectivity index (χ2v) is 8.14. The number of carbonyl (C=O) groups excluding carboxylic acids is 2. The van der Waals surface area contributed by atoms with E-state index < -0.39 is 0 Å². The number of thiazole rings is 1. The Bertz CT molecular complexity index is 1010. The van der Waals surface area contributed by atoms with Crippen LogP contribution in [0.25, 0.3) is 0 Å². The molecule has 2 amide bonds. The molecule has 0 radical (unpaired) electrons. The minimum Gasteiger partial charge on any atom is -0.483 e. The number of anilines is 2. The summed E-state index contributed by atoms with van der Waals surface area (Å²) in [6.45, 7) is 1.82. The maximum Gasteiger partial charge on any atom is 0.264 e. The number of hydrogen-bond donors (Lipinski definition) is 2. The number of para-hydroxylation sites is 1. The molecule has 6 nitrogen and oxygen atoms in total. The van der Waals surface area contributed by atoms with Crippen molar-refractivity contribution in [1.29, 1.82) is 0 Å². The Morgan fingerprint density at radius 2 is 1.87 bits per heavy atom. The highest BCUT2D eigenvalue weighted by Gasteiger charge is 2.09. The van der Waals surface area contributed by atoms with E-state index in [4.69, 9.17) is 4.74 Å². The van der Waals surface area contributed by atoms with Gasteiger partial charge >= 0.3 is 0 Å². The number of halogens is 1. The highest BCUT2D eigenvalue weighted by molar-refractivity contribution is 7.99. The molecule has 9 heteroatoms. The molecule has 0 saturated heterocycles. The molecule has 0 unspecified atom stereocenters. The first-order valence-electron chi connectivity index (χ1n) is 9.05. The zero-order valence-corrected chi connectivity index (χ0v) is 17.8. The number of thioether (sulfide) groups is 1. The number of aryl methyl sites for hydroxylation is 1. The lowest BCUT2D eigenvalue weighted by Gasteiger charge is -2.08. The maximum absolute atomic E-state index is 12.9. The highest BCUT2D eigenvalue weighted by atomic mass is 32.2. The number of nitrogens with zero attached hydrogens (tertiary/aromatic N) is 1. The molecule has 0 fully saturated rings. The van der Waals surface area contributed by atoms with Gasteiger partial charge in [-0.3, -0.25) is 14.9 Å². The van der Waals surface area contributed by atoms with Gasteiger partial charge in [0.2, 0.25) is 5.91 Å². The van der Waals surface area contributed by atoms with Gasteiger partial charge in [-0.25, -0.2) is 9.37 Å². The lowest BCUT2D eigenvalue weighted by Crippen LogP contribution is -2.20. The SMILES string of the molecule is Cc1ccccc1OCC(=O)Nc1nc(CSCC(=O)Nc2ccc(F)cc2)cs1. The van der Waals surface area contributed by atoms with Crippen LogP contribution in [-0.2, 0) is 15.3 Å². The zero-order valence-electron chi connectivity index (χ0n) is 16.2. The monoisotopic (exact) mass is 445 g/mol. The third-order valence-electron chi connectivity index (χ3n) is 3.86. The van der Waals surface area contributed by atoms with Crippen LogP contribution in [0.3, 0.4) is 0 Å². The van der Waals surface area contributed by atoms with E-state index in [0.29, 0.717) is 22.3 Å². The quantitative estimate of drug-likeness (QED) is 0.508. The summed E-state index contributed by atoms with van der Waals surface area (Å²) in [4.78, 5) is 28.3. The first-order chi connectivity index (χ1) is 14.5. The summed E-state index contributed by atoms with van der Waals surface area (Å²) >= 11 is 2.72. The Labute approximate surface area is 181 Å². The van der Waals surface area contributed by atoms with Gasteiger partial charge in [0.15, 0.2) is 11.7 Å². The van der Waals surface area contributed by atoms with Crippen LogP contribution in [0.2, 0.25) is 0 Å². The highest BCUT2D eigenvalue weighted by Crippen LogP contribution is 2.20. The van der Waals surface area contributed by atoms with Crippen LogP contribution >= 0.6 is 23.1 Å². The van der Waals surface area contributed by atoms with Gasteiger partial charge in [0.25, 0.3) is 5.91 Å². The molecule has 3 rings (SSSR count). The summed E-state index contributed by atoms with van der Waals surface area (Å²) < 4.78 is 18.4. The van der Waals surface area contributed by atoms with E-state index in [1.54, 1.807) is 0 Å². The lowest BCUT2D eigenvalue weighted by molar-refractivity contribution is -0.118. The molecule has 156 valence electrons. The average molecular weight is 446 g/mol. The molecule has 1 heterocycles. The molecule has 1 aromatic heterocycles. The van der Waals surface area contributed by atoms with Gasteiger partial charge in [0.1, 0.15) is 11.6 Å². The van der Waals surface area contributed by atoms with E-state index in [9.17, 15) is 14.0 Å². The second-order valence-electron chi connectivity index (χ2n) is 6.29.